The van der Waals surface area contributed by atoms with E-state index < -0.39 is 11.7 Å². The third kappa shape index (κ3) is 3.30. The van der Waals surface area contributed by atoms with Gasteiger partial charge >= 0.3 is 0 Å². The molecule has 19 heavy (non-hydrogen) atoms. The maximum absolute atomic E-state index is 13.1. The Kier molecular flexibility index (Phi) is 4.51. The standard InChI is InChI=1S/C11H8BrClFN3OS/c12-6-1-5(14)2-7(13)10(6)17-11(18)8-4-19-9(3-15)16-8/h1-2,4H,3,15H2,(H,17,18). The summed E-state index contributed by atoms with van der Waals surface area (Å²) in [7, 11) is 0. The number of benzene rings is 1. The summed E-state index contributed by atoms with van der Waals surface area (Å²) in [4.78, 5) is 16.0. The molecule has 1 heterocycles. The summed E-state index contributed by atoms with van der Waals surface area (Å²) in [6.07, 6.45) is 0. The maximum atomic E-state index is 13.1. The number of nitrogens with zero attached hydrogens (tertiary/aromatic N) is 1. The summed E-state index contributed by atoms with van der Waals surface area (Å²) in [5.74, 6) is -0.917. The summed E-state index contributed by atoms with van der Waals surface area (Å²) in [5.41, 5.74) is 5.98. The summed E-state index contributed by atoms with van der Waals surface area (Å²) in [5, 5.41) is 4.95. The Morgan fingerprint density at radius 3 is 2.89 bits per heavy atom. The summed E-state index contributed by atoms with van der Waals surface area (Å²) >= 11 is 10.3. The number of thiazole rings is 1. The van der Waals surface area contributed by atoms with Crippen LogP contribution in [0, 0.1) is 5.82 Å². The van der Waals surface area contributed by atoms with E-state index >= 15 is 0 Å². The van der Waals surface area contributed by atoms with Gasteiger partial charge in [0.25, 0.3) is 5.91 Å². The smallest absolute Gasteiger partial charge is 0.275 e. The van der Waals surface area contributed by atoms with E-state index in [0.29, 0.717) is 15.2 Å². The quantitative estimate of drug-likeness (QED) is 0.877. The van der Waals surface area contributed by atoms with Gasteiger partial charge in [-0.3, -0.25) is 4.79 Å². The number of rotatable bonds is 3. The second-order valence-corrected chi connectivity index (χ2v) is 5.73. The van der Waals surface area contributed by atoms with Crippen molar-refractivity contribution in [3.05, 3.63) is 43.5 Å². The van der Waals surface area contributed by atoms with Gasteiger partial charge < -0.3 is 11.1 Å². The van der Waals surface area contributed by atoms with Crippen LogP contribution < -0.4 is 11.1 Å². The van der Waals surface area contributed by atoms with Crippen molar-refractivity contribution in [1.82, 2.24) is 4.98 Å². The van der Waals surface area contributed by atoms with Gasteiger partial charge in [0.05, 0.1) is 10.7 Å². The monoisotopic (exact) mass is 363 g/mol. The van der Waals surface area contributed by atoms with Crippen molar-refractivity contribution in [2.24, 2.45) is 5.73 Å². The fourth-order valence-corrected chi connectivity index (χ4v) is 2.90. The van der Waals surface area contributed by atoms with Gasteiger partial charge in [-0.2, -0.15) is 0 Å². The number of carbonyl (C=O) groups is 1. The van der Waals surface area contributed by atoms with Crippen LogP contribution >= 0.6 is 38.9 Å². The first-order chi connectivity index (χ1) is 9.01. The van der Waals surface area contributed by atoms with Crippen LogP contribution in [-0.2, 0) is 6.54 Å². The van der Waals surface area contributed by atoms with Crippen LogP contribution in [0.1, 0.15) is 15.5 Å². The van der Waals surface area contributed by atoms with Crippen LogP contribution in [0.25, 0.3) is 0 Å². The lowest BCUT2D eigenvalue weighted by atomic mass is 10.3. The van der Waals surface area contributed by atoms with Crippen LogP contribution in [0.15, 0.2) is 22.0 Å². The minimum absolute atomic E-state index is 0.106. The zero-order valence-corrected chi connectivity index (χ0v) is 12.6. The zero-order valence-electron chi connectivity index (χ0n) is 9.41. The topological polar surface area (TPSA) is 68.0 Å². The van der Waals surface area contributed by atoms with Crippen molar-refractivity contribution in [2.75, 3.05) is 5.32 Å². The number of halogens is 3. The highest BCUT2D eigenvalue weighted by Gasteiger charge is 2.15. The molecular formula is C11H8BrClFN3OS. The first kappa shape index (κ1) is 14.4. The van der Waals surface area contributed by atoms with Crippen molar-refractivity contribution in [3.8, 4) is 0 Å². The van der Waals surface area contributed by atoms with Gasteiger partial charge in [0, 0.05) is 16.4 Å². The Labute approximate surface area is 125 Å². The molecule has 4 nitrogen and oxygen atoms in total. The van der Waals surface area contributed by atoms with Crippen molar-refractivity contribution < 1.29 is 9.18 Å². The Morgan fingerprint density at radius 1 is 1.58 bits per heavy atom. The van der Waals surface area contributed by atoms with Gasteiger partial charge in [0.2, 0.25) is 0 Å². The van der Waals surface area contributed by atoms with Crippen molar-refractivity contribution in [2.45, 2.75) is 6.54 Å². The van der Waals surface area contributed by atoms with E-state index in [1.165, 1.54) is 17.4 Å². The lowest BCUT2D eigenvalue weighted by Crippen LogP contribution is -2.13. The van der Waals surface area contributed by atoms with E-state index in [-0.39, 0.29) is 17.3 Å². The molecule has 2 aromatic rings. The lowest BCUT2D eigenvalue weighted by molar-refractivity contribution is 0.102. The van der Waals surface area contributed by atoms with Gasteiger partial charge in [-0.15, -0.1) is 11.3 Å². The molecule has 0 radical (unpaired) electrons. The average Bonchev–Trinajstić information content (AvgIpc) is 2.82. The molecule has 0 bridgehead atoms. The van der Waals surface area contributed by atoms with E-state index in [0.717, 1.165) is 6.07 Å². The molecule has 1 aromatic heterocycles. The van der Waals surface area contributed by atoms with Gasteiger partial charge in [0.1, 0.15) is 16.5 Å². The lowest BCUT2D eigenvalue weighted by Gasteiger charge is -2.08. The van der Waals surface area contributed by atoms with Gasteiger partial charge in [0.15, 0.2) is 0 Å². The SMILES string of the molecule is NCc1nc(C(=O)Nc2c(Cl)cc(F)cc2Br)cs1. The first-order valence-corrected chi connectivity index (χ1v) is 7.16. The Hall–Kier alpha value is -1.02. The molecule has 2 rings (SSSR count). The number of aromatic nitrogens is 1. The minimum atomic E-state index is -0.492. The van der Waals surface area contributed by atoms with E-state index in [2.05, 4.69) is 26.2 Å². The highest BCUT2D eigenvalue weighted by Crippen LogP contribution is 2.32. The molecule has 0 unspecified atom stereocenters. The molecule has 0 spiro atoms. The van der Waals surface area contributed by atoms with Crippen LogP contribution in [0.5, 0.6) is 0 Å². The highest BCUT2D eigenvalue weighted by atomic mass is 79.9. The van der Waals surface area contributed by atoms with E-state index in [9.17, 15) is 9.18 Å². The normalized spacial score (nSPS) is 10.5. The predicted molar refractivity (Wildman–Crippen MR) is 77.1 cm³/mol. The fourth-order valence-electron chi connectivity index (χ4n) is 1.35. The van der Waals surface area contributed by atoms with Crippen LogP contribution in [0.2, 0.25) is 5.02 Å². The minimum Gasteiger partial charge on any atom is -0.325 e. The predicted octanol–water partition coefficient (Wildman–Crippen LogP) is 3.41. The second kappa shape index (κ2) is 5.96. The van der Waals surface area contributed by atoms with E-state index in [1.807, 2.05) is 0 Å². The Balaban J connectivity index is 2.24. The van der Waals surface area contributed by atoms with Crippen LogP contribution in [-0.4, -0.2) is 10.9 Å². The van der Waals surface area contributed by atoms with Gasteiger partial charge in [-0.05, 0) is 28.1 Å². The maximum Gasteiger partial charge on any atom is 0.275 e. The van der Waals surface area contributed by atoms with Gasteiger partial charge in [-0.1, -0.05) is 11.6 Å². The molecule has 0 saturated carbocycles. The molecule has 0 aliphatic carbocycles. The van der Waals surface area contributed by atoms with E-state index in [4.69, 9.17) is 17.3 Å². The molecule has 0 fully saturated rings. The third-order valence-corrected chi connectivity index (χ3v) is 4.00. The molecule has 0 atom stereocenters. The van der Waals surface area contributed by atoms with Crippen LogP contribution in [0.3, 0.4) is 0 Å². The van der Waals surface area contributed by atoms with Crippen molar-refractivity contribution >= 4 is 50.5 Å². The number of nitrogens with one attached hydrogen (secondary N) is 1. The summed E-state index contributed by atoms with van der Waals surface area (Å²) < 4.78 is 13.4. The highest BCUT2D eigenvalue weighted by molar-refractivity contribution is 9.10. The Bertz CT molecular complexity index is 611. The van der Waals surface area contributed by atoms with Crippen molar-refractivity contribution in [3.63, 3.8) is 0 Å². The number of carbonyl (C=O) groups excluding carboxylic acids is 1. The number of hydrogen-bond donors (Lipinski definition) is 2. The molecule has 0 aliphatic heterocycles. The number of anilines is 1. The molecule has 0 aliphatic rings. The molecule has 0 saturated heterocycles. The summed E-state index contributed by atoms with van der Waals surface area (Å²) in [6.45, 7) is 0.277. The fraction of sp³-hybridized carbons (Fsp3) is 0.0909. The largest absolute Gasteiger partial charge is 0.325 e. The van der Waals surface area contributed by atoms with Gasteiger partial charge in [-0.25, -0.2) is 9.37 Å². The summed E-state index contributed by atoms with van der Waals surface area (Å²) in [6, 6.07) is 2.34. The second-order valence-electron chi connectivity index (χ2n) is 3.53. The third-order valence-electron chi connectivity index (χ3n) is 2.20. The Morgan fingerprint density at radius 2 is 2.32 bits per heavy atom. The molecule has 1 amide bonds. The van der Waals surface area contributed by atoms with E-state index in [1.54, 1.807) is 5.38 Å². The zero-order chi connectivity index (χ0) is 14.0. The molecule has 1 aromatic carbocycles. The van der Waals surface area contributed by atoms with Crippen molar-refractivity contribution in [1.29, 1.82) is 0 Å². The number of amides is 1. The molecule has 100 valence electrons. The van der Waals surface area contributed by atoms with Crippen LogP contribution in [0.4, 0.5) is 10.1 Å². The molecule has 8 heteroatoms. The number of nitrogens with two attached hydrogens (primary N) is 1. The molecule has 3 N–H and O–H groups in total. The first-order valence-electron chi connectivity index (χ1n) is 5.11. The number of hydrogen-bond acceptors (Lipinski definition) is 4. The average molecular weight is 365 g/mol. The molecular weight excluding hydrogens is 357 g/mol.